The number of rotatable bonds is 5. The van der Waals surface area contributed by atoms with Crippen LogP contribution in [-0.4, -0.2) is 36.5 Å². The summed E-state index contributed by atoms with van der Waals surface area (Å²) in [6.45, 7) is 1.89. The summed E-state index contributed by atoms with van der Waals surface area (Å²) in [6.07, 6.45) is 1.33. The minimum atomic E-state index is -0.670. The minimum Gasteiger partial charge on any atom is -0.466 e. The van der Waals surface area contributed by atoms with Gasteiger partial charge in [-0.1, -0.05) is 29.8 Å². The van der Waals surface area contributed by atoms with E-state index in [0.717, 1.165) is 0 Å². The Morgan fingerprint density at radius 3 is 2.70 bits per heavy atom. The number of H-pyrrole nitrogens is 1. The first-order valence-corrected chi connectivity index (χ1v) is 8.60. The van der Waals surface area contributed by atoms with Crippen LogP contribution in [0, 0.1) is 0 Å². The van der Waals surface area contributed by atoms with Crippen LogP contribution in [0.3, 0.4) is 0 Å². The third-order valence-corrected chi connectivity index (χ3v) is 4.42. The molecule has 1 aromatic carbocycles. The molecule has 0 radical (unpaired) electrons. The lowest BCUT2D eigenvalue weighted by Gasteiger charge is -2.05. The van der Waals surface area contributed by atoms with Crippen molar-refractivity contribution in [1.29, 1.82) is 0 Å². The van der Waals surface area contributed by atoms with E-state index in [-0.39, 0.29) is 40.9 Å². The highest BCUT2D eigenvalue weighted by molar-refractivity contribution is 6.35. The first-order valence-electron chi connectivity index (χ1n) is 8.23. The van der Waals surface area contributed by atoms with Gasteiger partial charge in [0.05, 0.1) is 37.0 Å². The molecule has 0 saturated carbocycles. The summed E-state index contributed by atoms with van der Waals surface area (Å²) in [5, 5.41) is 2.87. The number of carbonyl (C=O) groups excluding carboxylic acids is 3. The van der Waals surface area contributed by atoms with Gasteiger partial charge in [0.1, 0.15) is 5.15 Å². The molecule has 0 spiro atoms. The van der Waals surface area contributed by atoms with Crippen molar-refractivity contribution < 1.29 is 23.9 Å². The number of anilines is 1. The van der Waals surface area contributed by atoms with Gasteiger partial charge in [-0.15, -0.1) is 0 Å². The van der Waals surface area contributed by atoms with Gasteiger partial charge in [-0.25, -0.2) is 4.79 Å². The number of amides is 1. The second-order valence-electron chi connectivity index (χ2n) is 5.74. The molecular formula is C19H17ClN2O5. The molecule has 140 valence electrons. The number of para-hydroxylation sites is 1. The van der Waals surface area contributed by atoms with Crippen molar-refractivity contribution in [2.24, 2.45) is 0 Å². The van der Waals surface area contributed by atoms with Crippen LogP contribution in [-0.2, 0) is 25.5 Å². The van der Waals surface area contributed by atoms with Gasteiger partial charge in [0.2, 0.25) is 0 Å². The number of methoxy groups -OCH3 is 1. The van der Waals surface area contributed by atoms with Crippen LogP contribution in [0.25, 0.3) is 11.6 Å². The van der Waals surface area contributed by atoms with E-state index in [1.165, 1.54) is 13.2 Å². The van der Waals surface area contributed by atoms with Crippen molar-refractivity contribution in [3.05, 3.63) is 51.8 Å². The zero-order valence-corrected chi connectivity index (χ0v) is 15.5. The third kappa shape index (κ3) is 3.59. The van der Waals surface area contributed by atoms with Crippen LogP contribution in [0.15, 0.2) is 24.3 Å². The first kappa shape index (κ1) is 18.7. The van der Waals surface area contributed by atoms with Crippen LogP contribution in [0.4, 0.5) is 5.69 Å². The van der Waals surface area contributed by atoms with Crippen LogP contribution < -0.4 is 5.32 Å². The maximum atomic E-state index is 12.3. The second kappa shape index (κ2) is 7.67. The number of hydrogen-bond acceptors (Lipinski definition) is 5. The molecule has 0 saturated heterocycles. The fourth-order valence-corrected chi connectivity index (χ4v) is 3.18. The van der Waals surface area contributed by atoms with E-state index in [2.05, 4.69) is 10.3 Å². The number of esters is 2. The third-order valence-electron chi connectivity index (χ3n) is 4.10. The lowest BCUT2D eigenvalue weighted by molar-refractivity contribution is -0.142. The van der Waals surface area contributed by atoms with Crippen molar-refractivity contribution >= 4 is 46.8 Å². The van der Waals surface area contributed by atoms with Gasteiger partial charge in [0.15, 0.2) is 0 Å². The molecule has 0 bridgehead atoms. The molecule has 0 atom stereocenters. The van der Waals surface area contributed by atoms with E-state index in [0.29, 0.717) is 16.8 Å². The van der Waals surface area contributed by atoms with Gasteiger partial charge in [0.25, 0.3) is 5.91 Å². The molecule has 0 unspecified atom stereocenters. The number of hydrogen-bond donors (Lipinski definition) is 2. The monoisotopic (exact) mass is 388 g/mol. The molecule has 2 aromatic rings. The number of halogens is 1. The molecule has 3 rings (SSSR count). The molecule has 7 nitrogen and oxygen atoms in total. The van der Waals surface area contributed by atoms with Gasteiger partial charge in [0, 0.05) is 16.8 Å². The Morgan fingerprint density at radius 1 is 1.26 bits per heavy atom. The summed E-state index contributed by atoms with van der Waals surface area (Å²) in [6, 6.07) is 7.19. The minimum absolute atomic E-state index is 0.0974. The fourth-order valence-electron chi connectivity index (χ4n) is 2.92. The summed E-state index contributed by atoms with van der Waals surface area (Å²) in [5.41, 5.74) is 2.40. The molecule has 1 aliphatic heterocycles. The molecule has 2 N–H and O–H groups in total. The molecule has 0 fully saturated rings. The standard InChI is InChI=1S/C19H17ClN2O5/c1-3-27-15(23)9-12-16(19(25)26-2)14(21-17(12)20)8-11-10-6-4-5-7-13(10)22-18(11)24/h4-8,21H,3,9H2,1-2H3,(H,22,24)/b11-8-. The Bertz CT molecular complexity index is 961. The number of carbonyl (C=O) groups is 3. The molecule has 8 heteroatoms. The van der Waals surface area contributed by atoms with E-state index in [4.69, 9.17) is 21.1 Å². The molecule has 1 aromatic heterocycles. The Kier molecular flexibility index (Phi) is 5.32. The number of fused-ring (bicyclic) bond motifs is 1. The summed E-state index contributed by atoms with van der Waals surface area (Å²) in [5.74, 6) is -1.49. The normalized spacial score (nSPS) is 14.0. The van der Waals surface area contributed by atoms with Crippen molar-refractivity contribution in [2.75, 3.05) is 19.0 Å². The van der Waals surface area contributed by atoms with Gasteiger partial charge >= 0.3 is 11.9 Å². The Labute approximate surface area is 160 Å². The summed E-state index contributed by atoms with van der Waals surface area (Å²) < 4.78 is 9.77. The van der Waals surface area contributed by atoms with E-state index in [1.807, 2.05) is 12.1 Å². The predicted octanol–water partition coefficient (Wildman–Crippen LogP) is 3.05. The van der Waals surface area contributed by atoms with Crippen molar-refractivity contribution in [2.45, 2.75) is 13.3 Å². The van der Waals surface area contributed by atoms with Crippen molar-refractivity contribution in [3.8, 4) is 0 Å². The Balaban J connectivity index is 2.10. The smallest absolute Gasteiger partial charge is 0.340 e. The molecule has 0 aliphatic carbocycles. The highest BCUT2D eigenvalue weighted by atomic mass is 35.5. The number of aromatic nitrogens is 1. The molecule has 1 aliphatic rings. The lowest BCUT2D eigenvalue weighted by atomic mass is 10.0. The number of ether oxygens (including phenoxy) is 2. The van der Waals surface area contributed by atoms with Gasteiger partial charge < -0.3 is 19.8 Å². The maximum absolute atomic E-state index is 12.3. The van der Waals surface area contributed by atoms with Crippen LogP contribution in [0.2, 0.25) is 5.15 Å². The Hall–Kier alpha value is -3.06. The lowest BCUT2D eigenvalue weighted by Crippen LogP contribution is -2.12. The average Bonchev–Trinajstić information content (AvgIpc) is 3.12. The van der Waals surface area contributed by atoms with E-state index < -0.39 is 11.9 Å². The highest BCUT2D eigenvalue weighted by Gasteiger charge is 2.28. The topological polar surface area (TPSA) is 97.5 Å². The zero-order chi connectivity index (χ0) is 19.6. The van der Waals surface area contributed by atoms with E-state index in [1.54, 1.807) is 19.1 Å². The second-order valence-corrected chi connectivity index (χ2v) is 6.12. The molecule has 1 amide bonds. The van der Waals surface area contributed by atoms with E-state index in [9.17, 15) is 14.4 Å². The SMILES string of the molecule is CCOC(=O)Cc1c(Cl)[nH]c(/C=C2\C(=O)Nc3ccccc32)c1C(=O)OC. The first-order chi connectivity index (χ1) is 13.0. The van der Waals surface area contributed by atoms with E-state index >= 15 is 0 Å². The largest absolute Gasteiger partial charge is 0.466 e. The summed E-state index contributed by atoms with van der Waals surface area (Å²) >= 11 is 6.22. The van der Waals surface area contributed by atoms with Crippen LogP contribution >= 0.6 is 11.6 Å². The van der Waals surface area contributed by atoms with Crippen LogP contribution in [0.1, 0.15) is 34.1 Å². The van der Waals surface area contributed by atoms with Crippen molar-refractivity contribution in [3.63, 3.8) is 0 Å². The van der Waals surface area contributed by atoms with Gasteiger partial charge in [-0.2, -0.15) is 0 Å². The number of nitrogens with one attached hydrogen (secondary N) is 2. The summed E-state index contributed by atoms with van der Waals surface area (Å²) in [4.78, 5) is 39.4. The van der Waals surface area contributed by atoms with Gasteiger partial charge in [-0.05, 0) is 19.1 Å². The summed E-state index contributed by atoms with van der Waals surface area (Å²) in [7, 11) is 1.23. The van der Waals surface area contributed by atoms with Gasteiger partial charge in [-0.3, -0.25) is 9.59 Å². The molecular weight excluding hydrogens is 372 g/mol. The average molecular weight is 389 g/mol. The fraction of sp³-hybridized carbons (Fsp3) is 0.211. The number of benzene rings is 1. The molecule has 27 heavy (non-hydrogen) atoms. The maximum Gasteiger partial charge on any atom is 0.340 e. The Morgan fingerprint density at radius 2 is 2.00 bits per heavy atom. The van der Waals surface area contributed by atoms with Crippen LogP contribution in [0.5, 0.6) is 0 Å². The highest BCUT2D eigenvalue weighted by Crippen LogP contribution is 2.34. The number of aromatic amines is 1. The quantitative estimate of drug-likeness (QED) is 0.606. The molecule has 2 heterocycles. The predicted molar refractivity (Wildman–Crippen MR) is 100 cm³/mol. The van der Waals surface area contributed by atoms with Crippen molar-refractivity contribution in [1.82, 2.24) is 4.98 Å². The zero-order valence-electron chi connectivity index (χ0n) is 14.7.